The average Bonchev–Trinajstić information content (AvgIpc) is 2.08. The zero-order valence-corrected chi connectivity index (χ0v) is 7.74. The molecule has 1 rings (SSSR count). The van der Waals surface area contributed by atoms with E-state index < -0.39 is 0 Å². The van der Waals surface area contributed by atoms with Gasteiger partial charge in [0.25, 0.3) is 0 Å². The van der Waals surface area contributed by atoms with Crippen LogP contribution in [0.15, 0.2) is 18.3 Å². The van der Waals surface area contributed by atoms with Gasteiger partial charge in [0.2, 0.25) is 5.91 Å². The van der Waals surface area contributed by atoms with Crippen LogP contribution in [0.4, 0.5) is 11.5 Å². The number of hydrogen-bond acceptors (Lipinski definition) is 3. The van der Waals surface area contributed by atoms with Gasteiger partial charge in [-0.05, 0) is 12.1 Å². The lowest BCUT2D eigenvalue weighted by Gasteiger charge is -2.06. The van der Waals surface area contributed by atoms with Gasteiger partial charge in [0.1, 0.15) is 5.82 Å². The number of nitrogen functional groups attached to an aromatic ring is 1. The van der Waals surface area contributed by atoms with Crippen LogP contribution in [0, 0.1) is 5.92 Å². The molecule has 1 aromatic rings. The molecule has 0 bridgehead atoms. The van der Waals surface area contributed by atoms with Crippen molar-refractivity contribution in [2.75, 3.05) is 11.1 Å². The third-order valence-corrected chi connectivity index (χ3v) is 1.58. The zero-order valence-electron chi connectivity index (χ0n) is 7.74. The van der Waals surface area contributed by atoms with E-state index in [4.69, 9.17) is 5.73 Å². The Kier molecular flexibility index (Phi) is 2.84. The molecule has 0 aromatic carbocycles. The molecule has 70 valence electrons. The second-order valence-corrected chi connectivity index (χ2v) is 3.12. The average molecular weight is 179 g/mol. The number of carbonyl (C=O) groups is 1. The number of nitrogens with one attached hydrogen (secondary N) is 1. The monoisotopic (exact) mass is 179 g/mol. The third-order valence-electron chi connectivity index (χ3n) is 1.58. The molecule has 0 aliphatic rings. The molecular formula is C9H13N3O. The number of nitrogens with zero attached hydrogens (tertiary/aromatic N) is 1. The zero-order chi connectivity index (χ0) is 9.84. The number of aromatic nitrogens is 1. The predicted octanol–water partition coefficient (Wildman–Crippen LogP) is 1.26. The van der Waals surface area contributed by atoms with Gasteiger partial charge in [-0.1, -0.05) is 13.8 Å². The first-order chi connectivity index (χ1) is 6.09. The SMILES string of the molecule is CC(C)C(=O)Nc1ccc(N)nc1. The van der Waals surface area contributed by atoms with Crippen LogP contribution in [0.2, 0.25) is 0 Å². The van der Waals surface area contributed by atoms with E-state index >= 15 is 0 Å². The van der Waals surface area contributed by atoms with Gasteiger partial charge in [-0.25, -0.2) is 4.98 Å². The van der Waals surface area contributed by atoms with Crippen molar-refractivity contribution in [1.29, 1.82) is 0 Å². The van der Waals surface area contributed by atoms with E-state index in [1.807, 2.05) is 13.8 Å². The van der Waals surface area contributed by atoms with E-state index in [0.717, 1.165) is 0 Å². The van der Waals surface area contributed by atoms with E-state index in [2.05, 4.69) is 10.3 Å². The van der Waals surface area contributed by atoms with Gasteiger partial charge >= 0.3 is 0 Å². The molecule has 1 aromatic heterocycles. The molecule has 4 heteroatoms. The summed E-state index contributed by atoms with van der Waals surface area (Å²) in [5, 5.41) is 2.71. The summed E-state index contributed by atoms with van der Waals surface area (Å²) in [5.41, 5.74) is 6.07. The van der Waals surface area contributed by atoms with Gasteiger partial charge in [-0.3, -0.25) is 4.79 Å². The number of rotatable bonds is 2. The minimum Gasteiger partial charge on any atom is -0.384 e. The first kappa shape index (κ1) is 9.51. The van der Waals surface area contributed by atoms with Crippen LogP contribution in [-0.2, 0) is 4.79 Å². The molecule has 0 radical (unpaired) electrons. The Morgan fingerprint density at radius 1 is 1.54 bits per heavy atom. The molecule has 0 saturated heterocycles. The molecular weight excluding hydrogens is 166 g/mol. The lowest BCUT2D eigenvalue weighted by atomic mass is 10.2. The van der Waals surface area contributed by atoms with Gasteiger partial charge in [0.15, 0.2) is 0 Å². The fourth-order valence-corrected chi connectivity index (χ4v) is 0.766. The highest BCUT2D eigenvalue weighted by Gasteiger charge is 2.06. The lowest BCUT2D eigenvalue weighted by molar-refractivity contribution is -0.118. The molecule has 0 saturated carbocycles. The van der Waals surface area contributed by atoms with Crippen LogP contribution < -0.4 is 11.1 Å². The van der Waals surface area contributed by atoms with Crippen LogP contribution in [0.1, 0.15) is 13.8 Å². The number of pyridine rings is 1. The summed E-state index contributed by atoms with van der Waals surface area (Å²) in [6.07, 6.45) is 1.54. The summed E-state index contributed by atoms with van der Waals surface area (Å²) in [4.78, 5) is 15.1. The Bertz CT molecular complexity index is 292. The molecule has 1 heterocycles. The van der Waals surface area contributed by atoms with Gasteiger partial charge in [0, 0.05) is 5.92 Å². The number of amides is 1. The molecule has 0 unspecified atom stereocenters. The van der Waals surface area contributed by atoms with Crippen molar-refractivity contribution in [3.05, 3.63) is 18.3 Å². The van der Waals surface area contributed by atoms with Gasteiger partial charge in [0.05, 0.1) is 11.9 Å². The predicted molar refractivity (Wildman–Crippen MR) is 52.1 cm³/mol. The number of carbonyl (C=O) groups excluding carboxylic acids is 1. The van der Waals surface area contributed by atoms with Crippen LogP contribution in [0.5, 0.6) is 0 Å². The Hall–Kier alpha value is -1.58. The number of anilines is 2. The van der Waals surface area contributed by atoms with Crippen molar-refractivity contribution >= 4 is 17.4 Å². The second-order valence-electron chi connectivity index (χ2n) is 3.12. The quantitative estimate of drug-likeness (QED) is 0.718. The first-order valence-electron chi connectivity index (χ1n) is 4.12. The van der Waals surface area contributed by atoms with E-state index in [9.17, 15) is 4.79 Å². The van der Waals surface area contributed by atoms with Crippen molar-refractivity contribution in [3.8, 4) is 0 Å². The maximum Gasteiger partial charge on any atom is 0.226 e. The van der Waals surface area contributed by atoms with E-state index in [1.54, 1.807) is 12.1 Å². The van der Waals surface area contributed by atoms with Crippen LogP contribution in [-0.4, -0.2) is 10.9 Å². The Morgan fingerprint density at radius 3 is 2.69 bits per heavy atom. The molecule has 0 atom stereocenters. The second kappa shape index (κ2) is 3.89. The molecule has 4 nitrogen and oxygen atoms in total. The smallest absolute Gasteiger partial charge is 0.226 e. The Morgan fingerprint density at radius 2 is 2.23 bits per heavy atom. The molecule has 0 fully saturated rings. The fourth-order valence-electron chi connectivity index (χ4n) is 0.766. The lowest BCUT2D eigenvalue weighted by Crippen LogP contribution is -2.17. The van der Waals surface area contributed by atoms with E-state index in [1.165, 1.54) is 6.20 Å². The van der Waals surface area contributed by atoms with Crippen molar-refractivity contribution in [3.63, 3.8) is 0 Å². The van der Waals surface area contributed by atoms with Gasteiger partial charge in [-0.15, -0.1) is 0 Å². The van der Waals surface area contributed by atoms with E-state index in [0.29, 0.717) is 11.5 Å². The highest BCUT2D eigenvalue weighted by atomic mass is 16.1. The molecule has 3 N–H and O–H groups in total. The summed E-state index contributed by atoms with van der Waals surface area (Å²) >= 11 is 0. The summed E-state index contributed by atoms with van der Waals surface area (Å²) < 4.78 is 0. The number of hydrogen-bond donors (Lipinski definition) is 2. The van der Waals surface area contributed by atoms with Crippen LogP contribution in [0.3, 0.4) is 0 Å². The fraction of sp³-hybridized carbons (Fsp3) is 0.333. The maximum absolute atomic E-state index is 11.2. The van der Waals surface area contributed by atoms with Crippen molar-refractivity contribution in [2.45, 2.75) is 13.8 Å². The molecule has 1 amide bonds. The van der Waals surface area contributed by atoms with Crippen LogP contribution in [0.25, 0.3) is 0 Å². The minimum absolute atomic E-state index is 0.0217. The molecule has 0 aliphatic carbocycles. The molecule has 0 aliphatic heterocycles. The Labute approximate surface area is 77.2 Å². The summed E-state index contributed by atoms with van der Waals surface area (Å²) in [5.74, 6) is 0.395. The number of nitrogens with two attached hydrogens (primary N) is 1. The largest absolute Gasteiger partial charge is 0.384 e. The highest BCUT2D eigenvalue weighted by Crippen LogP contribution is 2.08. The van der Waals surface area contributed by atoms with Crippen molar-refractivity contribution < 1.29 is 4.79 Å². The maximum atomic E-state index is 11.2. The minimum atomic E-state index is -0.0300. The highest BCUT2D eigenvalue weighted by molar-refractivity contribution is 5.91. The van der Waals surface area contributed by atoms with Gasteiger partial charge < -0.3 is 11.1 Å². The summed E-state index contributed by atoms with van der Waals surface area (Å²) in [6.45, 7) is 3.67. The first-order valence-corrected chi connectivity index (χ1v) is 4.12. The standard InChI is InChI=1S/C9H13N3O/c1-6(2)9(13)12-7-3-4-8(10)11-5-7/h3-6H,1-2H3,(H2,10,11)(H,12,13). The van der Waals surface area contributed by atoms with E-state index in [-0.39, 0.29) is 11.8 Å². The van der Waals surface area contributed by atoms with Crippen molar-refractivity contribution in [2.24, 2.45) is 5.92 Å². The van der Waals surface area contributed by atoms with Gasteiger partial charge in [-0.2, -0.15) is 0 Å². The van der Waals surface area contributed by atoms with Crippen LogP contribution >= 0.6 is 0 Å². The molecule has 0 spiro atoms. The normalized spacial score (nSPS) is 10.1. The summed E-state index contributed by atoms with van der Waals surface area (Å²) in [6, 6.07) is 3.37. The third kappa shape index (κ3) is 2.74. The molecule has 13 heavy (non-hydrogen) atoms. The topological polar surface area (TPSA) is 68.0 Å². The van der Waals surface area contributed by atoms with Crippen molar-refractivity contribution in [1.82, 2.24) is 4.98 Å². The Balaban J connectivity index is 2.65. The summed E-state index contributed by atoms with van der Waals surface area (Å²) in [7, 11) is 0.